The summed E-state index contributed by atoms with van der Waals surface area (Å²) in [6.07, 6.45) is 0. The molecule has 0 fully saturated rings. The molecule has 0 spiro atoms. The van der Waals surface area contributed by atoms with Gasteiger partial charge in [0.1, 0.15) is 5.75 Å². The third-order valence-electron chi connectivity index (χ3n) is 3.58. The highest BCUT2D eigenvalue weighted by Crippen LogP contribution is 2.27. The molecule has 0 heterocycles. The van der Waals surface area contributed by atoms with Crippen LogP contribution in [0.2, 0.25) is 0 Å². The molecule has 0 saturated carbocycles. The molecule has 1 amide bonds. The lowest BCUT2D eigenvalue weighted by atomic mass is 9.98. The summed E-state index contributed by atoms with van der Waals surface area (Å²) in [5.74, 6) is 0.916. The number of hydrogen-bond acceptors (Lipinski definition) is 2. The van der Waals surface area contributed by atoms with Gasteiger partial charge in [-0.15, -0.1) is 0 Å². The van der Waals surface area contributed by atoms with Gasteiger partial charge in [-0.3, -0.25) is 4.79 Å². The van der Waals surface area contributed by atoms with Gasteiger partial charge in [-0.25, -0.2) is 0 Å². The minimum absolute atomic E-state index is 0.00886. The Morgan fingerprint density at radius 1 is 1.09 bits per heavy atom. The monoisotopic (exact) mass is 297 g/mol. The molecule has 0 aliphatic heterocycles. The van der Waals surface area contributed by atoms with Crippen molar-refractivity contribution in [1.29, 1.82) is 0 Å². The molecule has 2 aromatic rings. The van der Waals surface area contributed by atoms with Crippen molar-refractivity contribution in [2.45, 2.75) is 33.6 Å². The number of amides is 1. The van der Waals surface area contributed by atoms with Crippen molar-refractivity contribution in [2.24, 2.45) is 0 Å². The summed E-state index contributed by atoms with van der Waals surface area (Å²) in [6.45, 7) is 8.26. The Labute approximate surface area is 132 Å². The fourth-order valence-electron chi connectivity index (χ4n) is 2.30. The van der Waals surface area contributed by atoms with E-state index in [-0.39, 0.29) is 12.5 Å². The molecule has 0 saturated heterocycles. The molecule has 116 valence electrons. The van der Waals surface area contributed by atoms with Crippen molar-refractivity contribution in [3.05, 3.63) is 59.2 Å². The molecule has 2 aromatic carbocycles. The summed E-state index contributed by atoms with van der Waals surface area (Å²) in [5, 5.41) is 2.98. The zero-order chi connectivity index (χ0) is 16.1. The molecule has 0 atom stereocenters. The van der Waals surface area contributed by atoms with Gasteiger partial charge in [-0.1, -0.05) is 49.7 Å². The number of anilines is 1. The molecule has 0 bridgehead atoms. The fourth-order valence-corrected chi connectivity index (χ4v) is 2.30. The number of para-hydroxylation sites is 1. The van der Waals surface area contributed by atoms with Crippen LogP contribution in [0.1, 0.15) is 36.5 Å². The Bertz CT molecular complexity index is 645. The highest BCUT2D eigenvalue weighted by molar-refractivity contribution is 5.93. The highest BCUT2D eigenvalue weighted by Gasteiger charge is 2.12. The van der Waals surface area contributed by atoms with E-state index >= 15 is 0 Å². The summed E-state index contributed by atoms with van der Waals surface area (Å²) in [4.78, 5) is 12.1. The maximum Gasteiger partial charge on any atom is 0.262 e. The molecule has 0 aliphatic rings. The molecular formula is C19H23NO2. The van der Waals surface area contributed by atoms with Gasteiger partial charge in [0.05, 0.1) is 0 Å². The first kappa shape index (κ1) is 16.1. The molecule has 2 rings (SSSR count). The van der Waals surface area contributed by atoms with Crippen LogP contribution in [0.3, 0.4) is 0 Å². The number of ether oxygens (including phenoxy) is 1. The summed E-state index contributed by atoms with van der Waals surface area (Å²) >= 11 is 0. The quantitative estimate of drug-likeness (QED) is 0.885. The zero-order valence-electron chi connectivity index (χ0n) is 13.6. The fraction of sp³-hybridized carbons (Fsp3) is 0.316. The van der Waals surface area contributed by atoms with E-state index in [4.69, 9.17) is 4.74 Å². The lowest BCUT2D eigenvalue weighted by Gasteiger charge is -2.16. The van der Waals surface area contributed by atoms with Gasteiger partial charge in [0.15, 0.2) is 6.61 Å². The molecule has 3 nitrogen and oxygen atoms in total. The van der Waals surface area contributed by atoms with Crippen LogP contribution in [-0.2, 0) is 4.79 Å². The first-order chi connectivity index (χ1) is 10.5. The van der Waals surface area contributed by atoms with Crippen LogP contribution in [0, 0.1) is 13.8 Å². The van der Waals surface area contributed by atoms with E-state index in [0.29, 0.717) is 11.7 Å². The number of rotatable bonds is 5. The number of nitrogens with one attached hydrogen (secondary N) is 1. The SMILES string of the molecule is Cc1ccc(OCC(=O)Nc2c(C)cccc2C(C)C)cc1. The minimum atomic E-state index is -0.142. The average molecular weight is 297 g/mol. The van der Waals surface area contributed by atoms with Gasteiger partial charge in [-0.05, 0) is 43.0 Å². The van der Waals surface area contributed by atoms with Gasteiger partial charge in [0, 0.05) is 5.69 Å². The van der Waals surface area contributed by atoms with Gasteiger partial charge in [-0.2, -0.15) is 0 Å². The first-order valence-corrected chi connectivity index (χ1v) is 7.56. The number of aryl methyl sites for hydroxylation is 2. The normalized spacial score (nSPS) is 10.6. The van der Waals surface area contributed by atoms with Gasteiger partial charge in [0.2, 0.25) is 0 Å². The van der Waals surface area contributed by atoms with Crippen molar-refractivity contribution in [1.82, 2.24) is 0 Å². The molecule has 0 aliphatic carbocycles. The van der Waals surface area contributed by atoms with E-state index in [0.717, 1.165) is 16.8 Å². The molecule has 0 aromatic heterocycles. The van der Waals surface area contributed by atoms with Crippen molar-refractivity contribution >= 4 is 11.6 Å². The van der Waals surface area contributed by atoms with E-state index < -0.39 is 0 Å². The minimum Gasteiger partial charge on any atom is -0.484 e. The summed E-state index contributed by atoms with van der Waals surface area (Å²) < 4.78 is 5.52. The van der Waals surface area contributed by atoms with Crippen LogP contribution in [0.15, 0.2) is 42.5 Å². The number of carbonyl (C=O) groups excluding carboxylic acids is 1. The Balaban J connectivity index is 2.02. The van der Waals surface area contributed by atoms with Crippen molar-refractivity contribution < 1.29 is 9.53 Å². The number of hydrogen-bond donors (Lipinski definition) is 1. The Kier molecular flexibility index (Phi) is 5.21. The van der Waals surface area contributed by atoms with E-state index in [1.54, 1.807) is 0 Å². The molecular weight excluding hydrogens is 274 g/mol. The van der Waals surface area contributed by atoms with E-state index in [2.05, 4.69) is 19.2 Å². The second-order valence-electron chi connectivity index (χ2n) is 5.84. The van der Waals surface area contributed by atoms with Crippen LogP contribution in [0.5, 0.6) is 5.75 Å². The Morgan fingerprint density at radius 3 is 2.41 bits per heavy atom. The van der Waals surface area contributed by atoms with E-state index in [9.17, 15) is 4.79 Å². The van der Waals surface area contributed by atoms with Crippen LogP contribution in [0.4, 0.5) is 5.69 Å². The van der Waals surface area contributed by atoms with Crippen molar-refractivity contribution in [3.63, 3.8) is 0 Å². The van der Waals surface area contributed by atoms with Crippen molar-refractivity contribution in [2.75, 3.05) is 11.9 Å². The average Bonchev–Trinajstić information content (AvgIpc) is 2.48. The number of benzene rings is 2. The second-order valence-corrected chi connectivity index (χ2v) is 5.84. The lowest BCUT2D eigenvalue weighted by Crippen LogP contribution is -2.21. The van der Waals surface area contributed by atoms with Crippen LogP contribution in [-0.4, -0.2) is 12.5 Å². The van der Waals surface area contributed by atoms with Crippen LogP contribution in [0.25, 0.3) is 0 Å². The molecule has 1 N–H and O–H groups in total. The maximum atomic E-state index is 12.1. The number of carbonyl (C=O) groups is 1. The predicted octanol–water partition coefficient (Wildman–Crippen LogP) is 4.44. The van der Waals surface area contributed by atoms with Gasteiger partial charge < -0.3 is 10.1 Å². The Morgan fingerprint density at radius 2 is 1.77 bits per heavy atom. The predicted molar refractivity (Wildman–Crippen MR) is 90.6 cm³/mol. The highest BCUT2D eigenvalue weighted by atomic mass is 16.5. The second kappa shape index (κ2) is 7.12. The molecule has 3 heteroatoms. The summed E-state index contributed by atoms with van der Waals surface area (Å²) in [5.41, 5.74) is 4.27. The smallest absolute Gasteiger partial charge is 0.262 e. The van der Waals surface area contributed by atoms with Gasteiger partial charge in [0.25, 0.3) is 5.91 Å². The molecule has 22 heavy (non-hydrogen) atoms. The topological polar surface area (TPSA) is 38.3 Å². The first-order valence-electron chi connectivity index (χ1n) is 7.56. The third kappa shape index (κ3) is 4.10. The summed E-state index contributed by atoms with van der Waals surface area (Å²) in [7, 11) is 0. The standard InChI is InChI=1S/C19H23NO2/c1-13(2)17-7-5-6-15(4)19(17)20-18(21)12-22-16-10-8-14(3)9-11-16/h5-11,13H,12H2,1-4H3,(H,20,21). The largest absolute Gasteiger partial charge is 0.484 e. The van der Waals surface area contributed by atoms with Crippen molar-refractivity contribution in [3.8, 4) is 5.75 Å². The zero-order valence-corrected chi connectivity index (χ0v) is 13.6. The van der Waals surface area contributed by atoms with Crippen LogP contribution >= 0.6 is 0 Å². The Hall–Kier alpha value is -2.29. The molecule has 0 radical (unpaired) electrons. The van der Waals surface area contributed by atoms with E-state index in [1.807, 2.05) is 56.3 Å². The van der Waals surface area contributed by atoms with Crippen LogP contribution < -0.4 is 10.1 Å². The maximum absolute atomic E-state index is 12.1. The summed E-state index contributed by atoms with van der Waals surface area (Å²) in [6, 6.07) is 13.7. The molecule has 0 unspecified atom stereocenters. The lowest BCUT2D eigenvalue weighted by molar-refractivity contribution is -0.118. The van der Waals surface area contributed by atoms with E-state index in [1.165, 1.54) is 5.56 Å². The van der Waals surface area contributed by atoms with Gasteiger partial charge >= 0.3 is 0 Å². The third-order valence-corrected chi connectivity index (χ3v) is 3.58.